The molecule has 2 N–H and O–H groups in total. The van der Waals surface area contributed by atoms with E-state index in [0.29, 0.717) is 5.82 Å². The van der Waals surface area contributed by atoms with Crippen LogP contribution in [0.5, 0.6) is 5.75 Å². The average molecular weight is 240 g/mol. The van der Waals surface area contributed by atoms with Gasteiger partial charge in [-0.3, -0.25) is 0 Å². The van der Waals surface area contributed by atoms with Crippen molar-refractivity contribution in [1.82, 2.24) is 14.8 Å². The molecule has 18 heavy (non-hydrogen) atoms. The number of rotatable bonds is 2. The Morgan fingerprint density at radius 2 is 1.94 bits per heavy atom. The summed E-state index contributed by atoms with van der Waals surface area (Å²) in [5.74, 6) is 1.28. The van der Waals surface area contributed by atoms with Crippen molar-refractivity contribution >= 4 is 16.9 Å². The number of fused-ring (bicyclic) bond motifs is 1. The van der Waals surface area contributed by atoms with Gasteiger partial charge in [0.25, 0.3) is 0 Å². The van der Waals surface area contributed by atoms with Crippen LogP contribution in [0.3, 0.4) is 0 Å². The predicted molar refractivity (Wildman–Crippen MR) is 69.8 cm³/mol. The first-order valence-electron chi connectivity index (χ1n) is 5.53. The summed E-state index contributed by atoms with van der Waals surface area (Å²) in [5, 5.41) is 5.16. The fourth-order valence-corrected chi connectivity index (χ4v) is 1.88. The second-order valence-electron chi connectivity index (χ2n) is 3.87. The Bertz CT molecular complexity index is 688. The quantitative estimate of drug-likeness (QED) is 0.744. The van der Waals surface area contributed by atoms with Crippen molar-refractivity contribution < 1.29 is 4.74 Å². The summed E-state index contributed by atoms with van der Waals surface area (Å²) in [6.45, 7) is 0. The highest BCUT2D eigenvalue weighted by Gasteiger charge is 2.09. The average Bonchev–Trinajstić information content (AvgIpc) is 2.77. The minimum Gasteiger partial charge on any atom is -0.497 e. The van der Waals surface area contributed by atoms with E-state index in [0.717, 1.165) is 22.5 Å². The molecule has 3 aromatic rings. The van der Waals surface area contributed by atoms with E-state index in [1.54, 1.807) is 18.0 Å². The number of nitrogen functional groups attached to an aromatic ring is 1. The Morgan fingerprint density at radius 3 is 2.67 bits per heavy atom. The summed E-state index contributed by atoms with van der Waals surface area (Å²) in [7, 11) is 1.64. The topological polar surface area (TPSA) is 66.0 Å². The third kappa shape index (κ3) is 1.57. The molecule has 5 nitrogen and oxygen atoms in total. The fraction of sp³-hybridized carbons (Fsp3) is 0.0769. The smallest absolute Gasteiger partial charge is 0.165 e. The third-order valence-corrected chi connectivity index (χ3v) is 2.79. The molecule has 0 bridgehead atoms. The minimum atomic E-state index is 0.480. The highest BCUT2D eigenvalue weighted by molar-refractivity contribution is 5.87. The van der Waals surface area contributed by atoms with E-state index in [9.17, 15) is 0 Å². The normalized spacial score (nSPS) is 10.7. The van der Waals surface area contributed by atoms with E-state index in [2.05, 4.69) is 10.1 Å². The highest BCUT2D eigenvalue weighted by Crippen LogP contribution is 2.22. The maximum absolute atomic E-state index is 5.87. The molecule has 90 valence electrons. The number of benzene rings is 1. The lowest BCUT2D eigenvalue weighted by molar-refractivity contribution is 0.414. The molecule has 0 aliphatic heterocycles. The van der Waals surface area contributed by atoms with Crippen LogP contribution in [-0.2, 0) is 0 Å². The van der Waals surface area contributed by atoms with Gasteiger partial charge in [-0.1, -0.05) is 0 Å². The van der Waals surface area contributed by atoms with Crippen molar-refractivity contribution in [2.75, 3.05) is 12.8 Å². The molecule has 5 heteroatoms. The summed E-state index contributed by atoms with van der Waals surface area (Å²) in [5.41, 5.74) is 7.52. The van der Waals surface area contributed by atoms with Gasteiger partial charge in [0.15, 0.2) is 11.5 Å². The van der Waals surface area contributed by atoms with Gasteiger partial charge in [-0.25, -0.2) is 9.67 Å². The van der Waals surface area contributed by atoms with Gasteiger partial charge in [0.1, 0.15) is 5.75 Å². The molecule has 2 heterocycles. The molecule has 0 aliphatic carbocycles. The van der Waals surface area contributed by atoms with Crippen LogP contribution in [0.1, 0.15) is 0 Å². The van der Waals surface area contributed by atoms with Crippen molar-refractivity contribution in [3.8, 4) is 11.4 Å². The summed E-state index contributed by atoms with van der Waals surface area (Å²) in [6.07, 6.45) is 1.73. The molecule has 0 aliphatic rings. The van der Waals surface area contributed by atoms with E-state index < -0.39 is 0 Å². The van der Waals surface area contributed by atoms with Crippen LogP contribution in [0.15, 0.2) is 42.6 Å². The van der Waals surface area contributed by atoms with Crippen LogP contribution < -0.4 is 10.5 Å². The van der Waals surface area contributed by atoms with Crippen LogP contribution in [-0.4, -0.2) is 21.9 Å². The standard InChI is InChI=1S/C13H12N4O/c1-18-10-6-4-9(5-7-10)17-13-11(12(14)16-17)3-2-8-15-13/h2-8H,1H3,(H2,14,16). The number of methoxy groups -OCH3 is 1. The summed E-state index contributed by atoms with van der Waals surface area (Å²) in [6, 6.07) is 11.3. The number of ether oxygens (including phenoxy) is 1. The number of nitrogens with zero attached hydrogens (tertiary/aromatic N) is 3. The number of hydrogen-bond donors (Lipinski definition) is 1. The van der Waals surface area contributed by atoms with E-state index in [1.807, 2.05) is 36.4 Å². The lowest BCUT2D eigenvalue weighted by atomic mass is 10.3. The Kier molecular flexibility index (Phi) is 2.37. The van der Waals surface area contributed by atoms with Crippen molar-refractivity contribution in [3.05, 3.63) is 42.6 Å². The highest BCUT2D eigenvalue weighted by atomic mass is 16.5. The van der Waals surface area contributed by atoms with E-state index in [1.165, 1.54) is 0 Å². The molecule has 2 aromatic heterocycles. The van der Waals surface area contributed by atoms with Gasteiger partial charge in [-0.05, 0) is 36.4 Å². The lowest BCUT2D eigenvalue weighted by Crippen LogP contribution is -1.98. The van der Waals surface area contributed by atoms with Gasteiger partial charge >= 0.3 is 0 Å². The summed E-state index contributed by atoms with van der Waals surface area (Å²) in [4.78, 5) is 4.31. The van der Waals surface area contributed by atoms with Gasteiger partial charge in [0, 0.05) is 6.20 Å². The fourth-order valence-electron chi connectivity index (χ4n) is 1.88. The Labute approximate surface area is 104 Å². The van der Waals surface area contributed by atoms with E-state index in [4.69, 9.17) is 10.5 Å². The number of anilines is 1. The van der Waals surface area contributed by atoms with Crippen molar-refractivity contribution in [3.63, 3.8) is 0 Å². The molecule has 0 atom stereocenters. The summed E-state index contributed by atoms with van der Waals surface area (Å²) >= 11 is 0. The lowest BCUT2D eigenvalue weighted by Gasteiger charge is -2.04. The second-order valence-corrected chi connectivity index (χ2v) is 3.87. The molecule has 0 saturated heterocycles. The molecule has 0 radical (unpaired) electrons. The van der Waals surface area contributed by atoms with Gasteiger partial charge in [0.2, 0.25) is 0 Å². The minimum absolute atomic E-state index is 0.480. The molecule has 0 spiro atoms. The molecular formula is C13H12N4O. The second kappa shape index (κ2) is 4.03. The number of aromatic nitrogens is 3. The molecule has 0 fully saturated rings. The van der Waals surface area contributed by atoms with Crippen LogP contribution >= 0.6 is 0 Å². The molecule has 0 saturated carbocycles. The molecule has 1 aromatic carbocycles. The van der Waals surface area contributed by atoms with Gasteiger partial charge < -0.3 is 10.5 Å². The zero-order chi connectivity index (χ0) is 12.5. The zero-order valence-corrected chi connectivity index (χ0v) is 9.87. The first kappa shape index (κ1) is 10.6. The molecular weight excluding hydrogens is 228 g/mol. The van der Waals surface area contributed by atoms with Crippen LogP contribution in [0.25, 0.3) is 16.7 Å². The van der Waals surface area contributed by atoms with Crippen molar-refractivity contribution in [2.45, 2.75) is 0 Å². The number of hydrogen-bond acceptors (Lipinski definition) is 4. The monoisotopic (exact) mass is 240 g/mol. The maximum atomic E-state index is 5.87. The van der Waals surface area contributed by atoms with Crippen LogP contribution in [0, 0.1) is 0 Å². The Morgan fingerprint density at radius 1 is 1.17 bits per heavy atom. The number of pyridine rings is 1. The van der Waals surface area contributed by atoms with Gasteiger partial charge in [-0.15, -0.1) is 5.10 Å². The van der Waals surface area contributed by atoms with E-state index in [-0.39, 0.29) is 0 Å². The Hall–Kier alpha value is -2.56. The SMILES string of the molecule is COc1ccc(-n2nc(N)c3cccnc32)cc1. The molecule has 0 unspecified atom stereocenters. The first-order chi connectivity index (χ1) is 8.79. The predicted octanol–water partition coefficient (Wildman–Crippen LogP) is 2.01. The Balaban J connectivity index is 2.18. The maximum Gasteiger partial charge on any atom is 0.165 e. The third-order valence-electron chi connectivity index (χ3n) is 2.79. The largest absolute Gasteiger partial charge is 0.497 e. The van der Waals surface area contributed by atoms with Gasteiger partial charge in [-0.2, -0.15) is 0 Å². The van der Waals surface area contributed by atoms with Gasteiger partial charge in [0.05, 0.1) is 18.2 Å². The summed E-state index contributed by atoms with van der Waals surface area (Å²) < 4.78 is 6.85. The van der Waals surface area contributed by atoms with Crippen LogP contribution in [0.4, 0.5) is 5.82 Å². The molecule has 3 rings (SSSR count). The zero-order valence-electron chi connectivity index (χ0n) is 9.87. The van der Waals surface area contributed by atoms with Crippen molar-refractivity contribution in [1.29, 1.82) is 0 Å². The van der Waals surface area contributed by atoms with Crippen molar-refractivity contribution in [2.24, 2.45) is 0 Å². The first-order valence-corrected chi connectivity index (χ1v) is 5.53. The molecule has 0 amide bonds. The van der Waals surface area contributed by atoms with E-state index >= 15 is 0 Å². The van der Waals surface area contributed by atoms with Crippen LogP contribution in [0.2, 0.25) is 0 Å². The number of nitrogens with two attached hydrogens (primary N) is 1.